The van der Waals surface area contributed by atoms with Gasteiger partial charge >= 0.3 is 0 Å². The van der Waals surface area contributed by atoms with Crippen LogP contribution in [0, 0.1) is 12.7 Å². The predicted molar refractivity (Wildman–Crippen MR) is 95.2 cm³/mol. The Kier molecular flexibility index (Phi) is 5.12. The molecule has 0 radical (unpaired) electrons. The highest BCUT2D eigenvalue weighted by atomic mass is 19.1. The summed E-state index contributed by atoms with van der Waals surface area (Å²) in [7, 11) is 0. The van der Waals surface area contributed by atoms with Crippen LogP contribution in [0.2, 0.25) is 0 Å². The van der Waals surface area contributed by atoms with Gasteiger partial charge in [-0.15, -0.1) is 0 Å². The quantitative estimate of drug-likeness (QED) is 0.831. The average Bonchev–Trinajstić information content (AvgIpc) is 3.08. The number of hydrogen-bond acceptors (Lipinski definition) is 3. The maximum Gasteiger partial charge on any atom is 0.254 e. The Balaban J connectivity index is 1.63. The van der Waals surface area contributed by atoms with Gasteiger partial charge in [0, 0.05) is 18.5 Å². The molecular formula is C20H21FN2O2. The van der Waals surface area contributed by atoms with Crippen molar-refractivity contribution in [1.29, 1.82) is 0 Å². The minimum Gasteiger partial charge on any atom is -0.390 e. The number of carbonyl (C=O) groups is 1. The first kappa shape index (κ1) is 17.1. The second-order valence-electron chi connectivity index (χ2n) is 6.19. The van der Waals surface area contributed by atoms with Gasteiger partial charge in [-0.25, -0.2) is 4.39 Å². The van der Waals surface area contributed by atoms with E-state index in [4.69, 9.17) is 4.84 Å². The Morgan fingerprint density at radius 1 is 1.28 bits per heavy atom. The van der Waals surface area contributed by atoms with E-state index in [9.17, 15) is 9.18 Å². The summed E-state index contributed by atoms with van der Waals surface area (Å²) < 4.78 is 13.4. The molecule has 2 aromatic carbocycles. The number of oxime groups is 1. The van der Waals surface area contributed by atoms with Gasteiger partial charge in [-0.3, -0.25) is 4.79 Å². The van der Waals surface area contributed by atoms with Crippen molar-refractivity contribution in [2.24, 2.45) is 5.16 Å². The van der Waals surface area contributed by atoms with E-state index in [1.165, 1.54) is 17.7 Å². The van der Waals surface area contributed by atoms with Crippen molar-refractivity contribution in [3.63, 3.8) is 0 Å². The second kappa shape index (κ2) is 7.47. The van der Waals surface area contributed by atoms with Gasteiger partial charge in [0.2, 0.25) is 0 Å². The first-order valence-corrected chi connectivity index (χ1v) is 8.41. The topological polar surface area (TPSA) is 41.9 Å². The summed E-state index contributed by atoms with van der Waals surface area (Å²) in [4.78, 5) is 19.7. The largest absolute Gasteiger partial charge is 0.390 e. The number of likely N-dealkylation sites (N-methyl/N-ethyl adjacent to an activating group) is 1. The Labute approximate surface area is 146 Å². The number of hydrogen-bond donors (Lipinski definition) is 0. The average molecular weight is 340 g/mol. The molecule has 0 saturated heterocycles. The van der Waals surface area contributed by atoms with Gasteiger partial charge in [0.15, 0.2) is 6.10 Å². The maximum absolute atomic E-state index is 13.4. The number of aryl methyl sites for hydroxylation is 1. The van der Waals surface area contributed by atoms with Crippen molar-refractivity contribution in [2.45, 2.75) is 26.4 Å². The van der Waals surface area contributed by atoms with E-state index >= 15 is 0 Å². The molecule has 1 heterocycles. The summed E-state index contributed by atoms with van der Waals surface area (Å²) in [6.45, 7) is 4.88. The molecule has 0 fully saturated rings. The van der Waals surface area contributed by atoms with Gasteiger partial charge in [0.1, 0.15) is 5.82 Å². The van der Waals surface area contributed by atoms with Gasteiger partial charge < -0.3 is 9.74 Å². The van der Waals surface area contributed by atoms with Crippen LogP contribution in [0.15, 0.2) is 53.7 Å². The van der Waals surface area contributed by atoms with E-state index in [1.54, 1.807) is 17.0 Å². The summed E-state index contributed by atoms with van der Waals surface area (Å²) in [6.07, 6.45) is 0.462. The zero-order chi connectivity index (χ0) is 17.8. The molecule has 1 amide bonds. The molecule has 2 aromatic rings. The Hall–Kier alpha value is -2.69. The SMILES string of the molecule is CCN(CC1CC(c2ccc(C)cc2)=NO1)C(=O)c1cccc(F)c1. The molecule has 0 aromatic heterocycles. The highest BCUT2D eigenvalue weighted by Gasteiger charge is 2.26. The molecule has 0 aliphatic carbocycles. The molecule has 0 spiro atoms. The highest BCUT2D eigenvalue weighted by molar-refractivity contribution is 6.01. The molecular weight excluding hydrogens is 319 g/mol. The molecule has 1 atom stereocenters. The summed E-state index contributed by atoms with van der Waals surface area (Å²) >= 11 is 0. The number of amides is 1. The second-order valence-corrected chi connectivity index (χ2v) is 6.19. The monoisotopic (exact) mass is 340 g/mol. The summed E-state index contributed by atoms with van der Waals surface area (Å²) in [5.74, 6) is -0.613. The lowest BCUT2D eigenvalue weighted by Crippen LogP contribution is -2.37. The van der Waals surface area contributed by atoms with Crippen LogP contribution in [0.4, 0.5) is 4.39 Å². The molecule has 1 aliphatic heterocycles. The lowest BCUT2D eigenvalue weighted by Gasteiger charge is -2.23. The standard InChI is InChI=1S/C20H21FN2O2/c1-3-23(20(24)16-5-4-6-17(21)11-16)13-18-12-19(22-25-18)15-9-7-14(2)8-10-15/h4-11,18H,3,12-13H2,1-2H3. The van der Waals surface area contributed by atoms with Crippen molar-refractivity contribution in [3.05, 3.63) is 71.0 Å². The zero-order valence-electron chi connectivity index (χ0n) is 14.4. The third-order valence-corrected chi connectivity index (χ3v) is 4.28. The molecule has 1 aliphatic rings. The lowest BCUT2D eigenvalue weighted by molar-refractivity contribution is 0.0435. The normalized spacial score (nSPS) is 16.3. The Morgan fingerprint density at radius 3 is 2.72 bits per heavy atom. The van der Waals surface area contributed by atoms with Crippen molar-refractivity contribution in [1.82, 2.24) is 4.90 Å². The molecule has 0 bridgehead atoms. The van der Waals surface area contributed by atoms with Crippen LogP contribution < -0.4 is 0 Å². The van der Waals surface area contributed by atoms with Crippen molar-refractivity contribution in [3.8, 4) is 0 Å². The number of benzene rings is 2. The minimum absolute atomic E-state index is 0.186. The zero-order valence-corrected chi connectivity index (χ0v) is 14.4. The lowest BCUT2D eigenvalue weighted by atomic mass is 10.0. The first-order valence-electron chi connectivity index (χ1n) is 8.41. The Morgan fingerprint density at radius 2 is 2.04 bits per heavy atom. The van der Waals surface area contributed by atoms with Gasteiger partial charge in [0.05, 0.1) is 12.3 Å². The van der Waals surface area contributed by atoms with Crippen LogP contribution >= 0.6 is 0 Å². The van der Waals surface area contributed by atoms with E-state index in [0.29, 0.717) is 25.1 Å². The fourth-order valence-corrected chi connectivity index (χ4v) is 2.85. The van der Waals surface area contributed by atoms with Crippen molar-refractivity contribution < 1.29 is 14.0 Å². The van der Waals surface area contributed by atoms with E-state index < -0.39 is 5.82 Å². The van der Waals surface area contributed by atoms with E-state index in [0.717, 1.165) is 11.3 Å². The third-order valence-electron chi connectivity index (χ3n) is 4.28. The number of carbonyl (C=O) groups excluding carboxylic acids is 1. The number of rotatable bonds is 5. The van der Waals surface area contributed by atoms with Gasteiger partial charge in [-0.2, -0.15) is 0 Å². The van der Waals surface area contributed by atoms with Gasteiger partial charge in [-0.05, 0) is 37.6 Å². The van der Waals surface area contributed by atoms with E-state index in [2.05, 4.69) is 5.16 Å². The molecule has 25 heavy (non-hydrogen) atoms. The van der Waals surface area contributed by atoms with E-state index in [-0.39, 0.29) is 12.0 Å². The number of halogens is 1. The fraction of sp³-hybridized carbons (Fsp3) is 0.300. The molecule has 5 heteroatoms. The van der Waals surface area contributed by atoms with Gasteiger partial charge in [-0.1, -0.05) is 41.1 Å². The van der Waals surface area contributed by atoms with Crippen LogP contribution in [-0.4, -0.2) is 35.7 Å². The summed E-state index contributed by atoms with van der Waals surface area (Å²) in [5, 5.41) is 4.17. The van der Waals surface area contributed by atoms with E-state index in [1.807, 2.05) is 38.1 Å². The van der Waals surface area contributed by atoms with Crippen molar-refractivity contribution in [2.75, 3.05) is 13.1 Å². The van der Waals surface area contributed by atoms with Crippen LogP contribution in [0.3, 0.4) is 0 Å². The van der Waals surface area contributed by atoms with Crippen molar-refractivity contribution >= 4 is 11.6 Å². The smallest absolute Gasteiger partial charge is 0.254 e. The molecule has 130 valence electrons. The summed E-state index contributed by atoms with van der Waals surface area (Å²) in [6, 6.07) is 13.9. The van der Waals surface area contributed by atoms with Gasteiger partial charge in [0.25, 0.3) is 5.91 Å². The third kappa shape index (κ3) is 4.05. The molecule has 4 nitrogen and oxygen atoms in total. The van der Waals surface area contributed by atoms with Crippen LogP contribution in [0.5, 0.6) is 0 Å². The molecule has 3 rings (SSSR count). The minimum atomic E-state index is -0.413. The first-order chi connectivity index (χ1) is 12.1. The van der Waals surface area contributed by atoms with Crippen LogP contribution in [-0.2, 0) is 4.84 Å². The number of nitrogens with zero attached hydrogens (tertiary/aromatic N) is 2. The predicted octanol–water partition coefficient (Wildman–Crippen LogP) is 3.79. The Bertz CT molecular complexity index is 787. The summed E-state index contributed by atoms with van der Waals surface area (Å²) in [5.41, 5.74) is 3.46. The van der Waals surface area contributed by atoms with Crippen LogP contribution in [0.25, 0.3) is 0 Å². The molecule has 1 unspecified atom stereocenters. The molecule has 0 N–H and O–H groups in total. The molecule has 0 saturated carbocycles. The fourth-order valence-electron chi connectivity index (χ4n) is 2.85. The highest BCUT2D eigenvalue weighted by Crippen LogP contribution is 2.19. The maximum atomic E-state index is 13.4. The van der Waals surface area contributed by atoms with Crippen LogP contribution in [0.1, 0.15) is 34.8 Å².